The Morgan fingerprint density at radius 1 is 1.30 bits per heavy atom. The maximum Gasteiger partial charge on any atom is 0.216 e. The Hall–Kier alpha value is -1.84. The van der Waals surface area contributed by atoms with Crippen LogP contribution in [-0.2, 0) is 9.84 Å². The van der Waals surface area contributed by atoms with E-state index in [1.54, 1.807) is 24.3 Å². The summed E-state index contributed by atoms with van der Waals surface area (Å²) in [6, 6.07) is 11.5. The predicted octanol–water partition coefficient (Wildman–Crippen LogP) is 4.50. The molecule has 6 heteroatoms. The largest absolute Gasteiger partial charge is 0.461 e. The van der Waals surface area contributed by atoms with E-state index in [0.717, 1.165) is 16.7 Å². The first-order valence-corrected chi connectivity index (χ1v) is 9.41. The minimum atomic E-state index is -3.85. The highest BCUT2D eigenvalue weighted by molar-refractivity contribution is 9.10. The minimum absolute atomic E-state index is 0.0797. The second kappa shape index (κ2) is 5.99. The summed E-state index contributed by atoms with van der Waals surface area (Å²) in [5.41, 5.74) is 0. The molecule has 0 amide bonds. The molecule has 0 unspecified atom stereocenters. The second-order valence-electron chi connectivity index (χ2n) is 5.64. The number of rotatable bonds is 4. The van der Waals surface area contributed by atoms with Gasteiger partial charge in [0.25, 0.3) is 0 Å². The zero-order chi connectivity index (χ0) is 16.6. The van der Waals surface area contributed by atoms with E-state index in [-0.39, 0.29) is 9.80 Å². The van der Waals surface area contributed by atoms with Gasteiger partial charge in [-0.05, 0) is 48.7 Å². The van der Waals surface area contributed by atoms with Crippen molar-refractivity contribution in [2.24, 2.45) is 5.92 Å². The molecule has 0 radical (unpaired) electrons. The van der Waals surface area contributed by atoms with Crippen LogP contribution in [-0.4, -0.2) is 8.42 Å². The van der Waals surface area contributed by atoms with Crippen molar-refractivity contribution in [2.45, 2.75) is 24.2 Å². The lowest BCUT2D eigenvalue weighted by atomic mass is 10.3. The van der Waals surface area contributed by atoms with Gasteiger partial charge in [0.2, 0.25) is 9.84 Å². The molecule has 3 rings (SSSR count). The van der Waals surface area contributed by atoms with Crippen molar-refractivity contribution in [2.75, 3.05) is 0 Å². The molecule has 1 saturated carbocycles. The first kappa shape index (κ1) is 16.0. The average Bonchev–Trinajstić information content (AvgIpc) is 3.07. The van der Waals surface area contributed by atoms with Crippen LogP contribution in [0.25, 0.3) is 6.08 Å². The van der Waals surface area contributed by atoms with Gasteiger partial charge in [-0.2, -0.15) is 5.26 Å². The highest BCUT2D eigenvalue weighted by Gasteiger charge is 2.36. The van der Waals surface area contributed by atoms with Crippen LogP contribution in [0.5, 0.6) is 0 Å². The van der Waals surface area contributed by atoms with Crippen LogP contribution in [0.1, 0.15) is 30.8 Å². The van der Waals surface area contributed by atoms with Crippen molar-refractivity contribution in [3.8, 4) is 6.07 Å². The van der Waals surface area contributed by atoms with Gasteiger partial charge in [-0.25, -0.2) is 8.42 Å². The van der Waals surface area contributed by atoms with Gasteiger partial charge in [0.1, 0.15) is 17.6 Å². The Morgan fingerprint density at radius 3 is 2.52 bits per heavy atom. The third-order valence-corrected chi connectivity index (χ3v) is 6.13. The van der Waals surface area contributed by atoms with Gasteiger partial charge in [-0.1, -0.05) is 22.9 Å². The molecule has 118 valence electrons. The molecule has 1 fully saturated rings. The van der Waals surface area contributed by atoms with Gasteiger partial charge in [0.15, 0.2) is 4.91 Å². The molecule has 4 nitrogen and oxygen atoms in total. The maximum atomic E-state index is 12.5. The van der Waals surface area contributed by atoms with E-state index in [1.807, 2.05) is 6.07 Å². The number of nitrogens with zero attached hydrogens (tertiary/aromatic N) is 1. The number of hydrogen-bond donors (Lipinski definition) is 0. The Balaban J connectivity index is 1.93. The molecule has 2 aromatic rings. The number of nitriles is 1. The zero-order valence-electron chi connectivity index (χ0n) is 12.4. The van der Waals surface area contributed by atoms with E-state index in [0.29, 0.717) is 17.6 Å². The number of halogens is 1. The number of allylic oxidation sites excluding steroid dienone is 1. The van der Waals surface area contributed by atoms with E-state index < -0.39 is 9.84 Å². The molecule has 1 aromatic heterocycles. The highest BCUT2D eigenvalue weighted by Crippen LogP contribution is 2.47. The fourth-order valence-electron chi connectivity index (χ4n) is 2.40. The summed E-state index contributed by atoms with van der Waals surface area (Å²) in [6.07, 6.45) is 2.37. The van der Waals surface area contributed by atoms with Gasteiger partial charge < -0.3 is 4.42 Å². The first-order valence-electron chi connectivity index (χ1n) is 7.14. The van der Waals surface area contributed by atoms with Gasteiger partial charge in [0.05, 0.1) is 4.90 Å². The van der Waals surface area contributed by atoms with Crippen LogP contribution in [0.4, 0.5) is 0 Å². The SMILES string of the molecule is C[C@@H]1C[C@H]1c1ccc(/C=C(\C#N)S(=O)(=O)c2ccc(Br)cc2)o1. The predicted molar refractivity (Wildman–Crippen MR) is 90.1 cm³/mol. The van der Waals surface area contributed by atoms with E-state index in [4.69, 9.17) is 4.42 Å². The van der Waals surface area contributed by atoms with Gasteiger partial charge in [-0.15, -0.1) is 0 Å². The molecule has 1 aliphatic carbocycles. The van der Waals surface area contributed by atoms with Gasteiger partial charge in [-0.3, -0.25) is 0 Å². The van der Waals surface area contributed by atoms with Crippen molar-refractivity contribution >= 4 is 31.8 Å². The topological polar surface area (TPSA) is 71.1 Å². The van der Waals surface area contributed by atoms with E-state index in [9.17, 15) is 13.7 Å². The molecule has 2 atom stereocenters. The quantitative estimate of drug-likeness (QED) is 0.718. The molecule has 0 spiro atoms. The number of hydrogen-bond acceptors (Lipinski definition) is 4. The lowest BCUT2D eigenvalue weighted by Gasteiger charge is -2.02. The molecule has 0 aliphatic heterocycles. The Bertz CT molecular complexity index is 904. The molecule has 1 heterocycles. The number of furan rings is 1. The molecule has 23 heavy (non-hydrogen) atoms. The van der Waals surface area contributed by atoms with Crippen LogP contribution in [0.3, 0.4) is 0 Å². The molecule has 0 N–H and O–H groups in total. The third kappa shape index (κ3) is 3.26. The maximum absolute atomic E-state index is 12.5. The van der Waals surface area contributed by atoms with Crippen molar-refractivity contribution < 1.29 is 12.8 Å². The van der Waals surface area contributed by atoms with Crippen molar-refractivity contribution in [1.29, 1.82) is 5.26 Å². The smallest absolute Gasteiger partial charge is 0.216 e. The number of benzene rings is 1. The van der Waals surface area contributed by atoms with E-state index >= 15 is 0 Å². The normalized spacial score (nSPS) is 21.0. The van der Waals surface area contributed by atoms with Crippen molar-refractivity contribution in [3.05, 3.63) is 57.3 Å². The molecule has 1 aromatic carbocycles. The molecular formula is C17H14BrNO3S. The molecular weight excluding hydrogens is 378 g/mol. The van der Waals surface area contributed by atoms with Crippen LogP contribution >= 0.6 is 15.9 Å². The van der Waals surface area contributed by atoms with Crippen molar-refractivity contribution in [3.63, 3.8) is 0 Å². The summed E-state index contributed by atoms with van der Waals surface area (Å²) < 4.78 is 31.5. The Labute approximate surface area is 143 Å². The monoisotopic (exact) mass is 391 g/mol. The molecule has 1 aliphatic rings. The summed E-state index contributed by atoms with van der Waals surface area (Å²) >= 11 is 3.26. The summed E-state index contributed by atoms with van der Waals surface area (Å²) in [7, 11) is -3.85. The number of sulfone groups is 1. The minimum Gasteiger partial charge on any atom is -0.461 e. The van der Waals surface area contributed by atoms with Gasteiger partial charge >= 0.3 is 0 Å². The molecule has 0 bridgehead atoms. The highest BCUT2D eigenvalue weighted by atomic mass is 79.9. The first-order chi connectivity index (χ1) is 10.9. The third-order valence-electron chi connectivity index (χ3n) is 3.92. The Morgan fingerprint density at radius 2 is 1.96 bits per heavy atom. The van der Waals surface area contributed by atoms with Gasteiger partial charge in [0, 0.05) is 16.5 Å². The Kier molecular flexibility index (Phi) is 4.17. The molecule has 0 saturated heterocycles. The summed E-state index contributed by atoms with van der Waals surface area (Å²) in [6.45, 7) is 2.14. The second-order valence-corrected chi connectivity index (χ2v) is 8.47. The van der Waals surface area contributed by atoms with Crippen LogP contribution < -0.4 is 0 Å². The summed E-state index contributed by atoms with van der Waals surface area (Å²) in [5.74, 6) is 2.24. The average molecular weight is 392 g/mol. The van der Waals surface area contributed by atoms with E-state index in [2.05, 4.69) is 22.9 Å². The van der Waals surface area contributed by atoms with E-state index in [1.165, 1.54) is 18.2 Å². The van der Waals surface area contributed by atoms with Crippen molar-refractivity contribution in [1.82, 2.24) is 0 Å². The summed E-state index contributed by atoms with van der Waals surface area (Å²) in [5, 5.41) is 9.26. The fraction of sp³-hybridized carbons (Fsp3) is 0.235. The lowest BCUT2D eigenvalue weighted by molar-refractivity contribution is 0.497. The van der Waals surface area contributed by atoms with Crippen LogP contribution in [0.2, 0.25) is 0 Å². The lowest BCUT2D eigenvalue weighted by Crippen LogP contribution is -2.03. The summed E-state index contributed by atoms with van der Waals surface area (Å²) in [4.78, 5) is -0.249. The fourth-order valence-corrected chi connectivity index (χ4v) is 3.81. The van der Waals surface area contributed by atoms with Crippen LogP contribution in [0, 0.1) is 17.2 Å². The standard InChI is InChI=1S/C17H14BrNO3S/c1-11-8-16(11)17-7-4-13(22-17)9-15(10-19)23(20,21)14-5-2-12(18)3-6-14/h2-7,9,11,16H,8H2,1H3/b15-9+/t11-,16-/m1/s1. The van der Waals surface area contributed by atoms with Crippen LogP contribution in [0.15, 0.2) is 55.1 Å². The zero-order valence-corrected chi connectivity index (χ0v) is 14.8.